The molecule has 2 heteroatoms. The van der Waals surface area contributed by atoms with Gasteiger partial charge in [-0.1, -0.05) is 83.9 Å². The highest BCUT2D eigenvalue weighted by Gasteiger charge is 2.19. The summed E-state index contributed by atoms with van der Waals surface area (Å²) in [4.78, 5) is 0. The Morgan fingerprint density at radius 3 is 2.12 bits per heavy atom. The van der Waals surface area contributed by atoms with Crippen LogP contribution in [0.15, 0.2) is 77.2 Å². The fourth-order valence-corrected chi connectivity index (χ4v) is 3.96. The van der Waals surface area contributed by atoms with Crippen LogP contribution in [0.4, 0.5) is 0 Å². The summed E-state index contributed by atoms with van der Waals surface area (Å²) in [5.41, 5.74) is 5.17. The van der Waals surface area contributed by atoms with E-state index in [0.29, 0.717) is 0 Å². The standard InChI is InChI=1S/C23H15ClO/c1-14-10-12-15(13-11-14)20-21-18-8-4-5-9-19(18)25-23(21)17-7-3-2-6-16(17)22(20)24/h2-13H,1H3. The van der Waals surface area contributed by atoms with Gasteiger partial charge < -0.3 is 4.42 Å². The van der Waals surface area contributed by atoms with Crippen molar-refractivity contribution in [3.8, 4) is 11.1 Å². The highest BCUT2D eigenvalue weighted by molar-refractivity contribution is 6.42. The molecule has 1 nitrogen and oxygen atoms in total. The Kier molecular flexibility index (Phi) is 3.13. The molecule has 120 valence electrons. The van der Waals surface area contributed by atoms with Crippen molar-refractivity contribution in [1.82, 2.24) is 0 Å². The fourth-order valence-electron chi connectivity index (χ4n) is 3.59. The molecule has 5 rings (SSSR count). The molecule has 0 aliphatic heterocycles. The number of hydrogen-bond donors (Lipinski definition) is 0. The van der Waals surface area contributed by atoms with Crippen LogP contribution in [0, 0.1) is 6.92 Å². The molecule has 0 aliphatic carbocycles. The number of halogens is 1. The van der Waals surface area contributed by atoms with Gasteiger partial charge in [-0.05, 0) is 18.6 Å². The third kappa shape index (κ3) is 2.09. The van der Waals surface area contributed by atoms with E-state index in [-0.39, 0.29) is 0 Å². The number of benzene rings is 4. The van der Waals surface area contributed by atoms with Crippen molar-refractivity contribution >= 4 is 44.3 Å². The van der Waals surface area contributed by atoms with Crippen LogP contribution < -0.4 is 0 Å². The molecular formula is C23H15ClO. The van der Waals surface area contributed by atoms with E-state index in [2.05, 4.69) is 49.4 Å². The zero-order chi connectivity index (χ0) is 17.0. The van der Waals surface area contributed by atoms with Crippen molar-refractivity contribution in [3.63, 3.8) is 0 Å². The van der Waals surface area contributed by atoms with Gasteiger partial charge in [0.05, 0.1) is 5.02 Å². The Morgan fingerprint density at radius 1 is 0.720 bits per heavy atom. The largest absolute Gasteiger partial charge is 0.455 e. The second-order valence-electron chi connectivity index (χ2n) is 6.40. The quantitative estimate of drug-likeness (QED) is 0.310. The molecule has 0 spiro atoms. The predicted molar refractivity (Wildman–Crippen MR) is 106 cm³/mol. The van der Waals surface area contributed by atoms with Gasteiger partial charge in [0.2, 0.25) is 0 Å². The van der Waals surface area contributed by atoms with Crippen LogP contribution in [-0.2, 0) is 0 Å². The van der Waals surface area contributed by atoms with Crippen molar-refractivity contribution in [2.75, 3.05) is 0 Å². The number of furan rings is 1. The van der Waals surface area contributed by atoms with Crippen LogP contribution in [0.3, 0.4) is 0 Å². The lowest BCUT2D eigenvalue weighted by Crippen LogP contribution is -1.85. The lowest BCUT2D eigenvalue weighted by molar-refractivity contribution is 0.673. The van der Waals surface area contributed by atoms with Crippen LogP contribution >= 0.6 is 11.6 Å². The molecule has 25 heavy (non-hydrogen) atoms. The summed E-state index contributed by atoms with van der Waals surface area (Å²) in [6, 6.07) is 24.8. The van der Waals surface area contributed by atoms with E-state index in [1.54, 1.807) is 0 Å². The van der Waals surface area contributed by atoms with E-state index in [1.165, 1.54) is 5.56 Å². The van der Waals surface area contributed by atoms with Crippen LogP contribution in [0.25, 0.3) is 43.8 Å². The molecule has 0 atom stereocenters. The first-order chi connectivity index (χ1) is 12.2. The number of aryl methyl sites for hydroxylation is 1. The van der Waals surface area contributed by atoms with Crippen LogP contribution in [-0.4, -0.2) is 0 Å². The lowest BCUT2D eigenvalue weighted by Gasteiger charge is -2.11. The summed E-state index contributed by atoms with van der Waals surface area (Å²) in [6.07, 6.45) is 0. The predicted octanol–water partition coefficient (Wildman–Crippen LogP) is 7.37. The SMILES string of the molecule is Cc1ccc(-c2c(Cl)c3ccccc3c3oc4ccccc4c23)cc1. The van der Waals surface area contributed by atoms with Gasteiger partial charge in [-0.15, -0.1) is 0 Å². The monoisotopic (exact) mass is 342 g/mol. The maximum absolute atomic E-state index is 6.91. The lowest BCUT2D eigenvalue weighted by atomic mass is 9.95. The van der Waals surface area contributed by atoms with Crippen molar-refractivity contribution < 1.29 is 4.42 Å². The molecule has 1 aromatic heterocycles. The molecule has 0 bridgehead atoms. The molecule has 0 aliphatic rings. The summed E-state index contributed by atoms with van der Waals surface area (Å²) in [7, 11) is 0. The average molecular weight is 343 g/mol. The fraction of sp³-hybridized carbons (Fsp3) is 0.0435. The third-order valence-electron chi connectivity index (χ3n) is 4.81. The van der Waals surface area contributed by atoms with Crippen LogP contribution in [0.5, 0.6) is 0 Å². The number of fused-ring (bicyclic) bond motifs is 5. The van der Waals surface area contributed by atoms with Crippen molar-refractivity contribution in [3.05, 3.63) is 83.4 Å². The number of hydrogen-bond acceptors (Lipinski definition) is 1. The molecule has 0 radical (unpaired) electrons. The second-order valence-corrected chi connectivity index (χ2v) is 6.78. The van der Waals surface area contributed by atoms with Crippen LogP contribution in [0.1, 0.15) is 5.56 Å². The van der Waals surface area contributed by atoms with Gasteiger partial charge in [-0.2, -0.15) is 0 Å². The normalized spacial score (nSPS) is 11.6. The summed E-state index contributed by atoms with van der Waals surface area (Å²) in [6.45, 7) is 2.09. The second kappa shape index (κ2) is 5.37. The molecule has 0 N–H and O–H groups in total. The minimum atomic E-state index is 0.776. The first-order valence-electron chi connectivity index (χ1n) is 8.32. The van der Waals surface area contributed by atoms with Gasteiger partial charge in [0.25, 0.3) is 0 Å². The van der Waals surface area contributed by atoms with Crippen molar-refractivity contribution in [2.45, 2.75) is 6.92 Å². The first-order valence-corrected chi connectivity index (χ1v) is 8.70. The topological polar surface area (TPSA) is 13.1 Å². The van der Waals surface area contributed by atoms with Gasteiger partial charge >= 0.3 is 0 Å². The molecule has 0 unspecified atom stereocenters. The number of rotatable bonds is 1. The molecule has 0 amide bonds. The Labute approximate surface area is 150 Å². The summed E-state index contributed by atoms with van der Waals surface area (Å²) < 4.78 is 6.25. The van der Waals surface area contributed by atoms with Crippen molar-refractivity contribution in [1.29, 1.82) is 0 Å². The van der Waals surface area contributed by atoms with E-state index in [1.807, 2.05) is 30.3 Å². The molecule has 1 heterocycles. The highest BCUT2D eigenvalue weighted by atomic mass is 35.5. The summed E-state index contributed by atoms with van der Waals surface area (Å²) >= 11 is 6.91. The Balaban J connectivity index is 2.07. The minimum absolute atomic E-state index is 0.776. The maximum Gasteiger partial charge on any atom is 0.143 e. The van der Waals surface area contributed by atoms with E-state index in [9.17, 15) is 0 Å². The zero-order valence-electron chi connectivity index (χ0n) is 13.7. The summed E-state index contributed by atoms with van der Waals surface area (Å²) in [5.74, 6) is 0. The maximum atomic E-state index is 6.91. The average Bonchev–Trinajstić information content (AvgIpc) is 3.03. The highest BCUT2D eigenvalue weighted by Crippen LogP contribution is 2.45. The minimum Gasteiger partial charge on any atom is -0.455 e. The summed E-state index contributed by atoms with van der Waals surface area (Å²) in [5, 5.41) is 5.03. The Morgan fingerprint density at radius 2 is 1.36 bits per heavy atom. The van der Waals surface area contributed by atoms with Gasteiger partial charge in [0.1, 0.15) is 11.2 Å². The van der Waals surface area contributed by atoms with E-state index in [0.717, 1.165) is 48.9 Å². The molecule has 0 saturated carbocycles. The zero-order valence-corrected chi connectivity index (χ0v) is 14.5. The van der Waals surface area contributed by atoms with Crippen molar-refractivity contribution in [2.24, 2.45) is 0 Å². The molecule has 0 fully saturated rings. The Bertz CT molecular complexity index is 1250. The van der Waals surface area contributed by atoms with Gasteiger partial charge in [-0.3, -0.25) is 0 Å². The smallest absolute Gasteiger partial charge is 0.143 e. The molecule has 4 aromatic carbocycles. The first kappa shape index (κ1) is 14.6. The molecular weight excluding hydrogens is 328 g/mol. The van der Waals surface area contributed by atoms with E-state index >= 15 is 0 Å². The molecule has 0 saturated heterocycles. The molecule has 5 aromatic rings. The number of para-hydroxylation sites is 1. The van der Waals surface area contributed by atoms with Crippen LogP contribution in [0.2, 0.25) is 5.02 Å². The third-order valence-corrected chi connectivity index (χ3v) is 5.21. The Hall–Kier alpha value is -2.77. The van der Waals surface area contributed by atoms with Gasteiger partial charge in [-0.25, -0.2) is 0 Å². The van der Waals surface area contributed by atoms with Gasteiger partial charge in [0.15, 0.2) is 0 Å². The van der Waals surface area contributed by atoms with E-state index in [4.69, 9.17) is 16.0 Å². The van der Waals surface area contributed by atoms with E-state index < -0.39 is 0 Å². The van der Waals surface area contributed by atoms with Gasteiger partial charge in [0, 0.05) is 27.1 Å².